The van der Waals surface area contributed by atoms with Gasteiger partial charge < -0.3 is 9.13 Å². The summed E-state index contributed by atoms with van der Waals surface area (Å²) in [4.78, 5) is 10.6. The molecule has 0 atom stereocenters. The van der Waals surface area contributed by atoms with Crippen molar-refractivity contribution in [1.82, 2.24) is 19.1 Å². The van der Waals surface area contributed by atoms with Crippen molar-refractivity contribution < 1.29 is 0 Å². The summed E-state index contributed by atoms with van der Waals surface area (Å²) < 4.78 is 4.81. The maximum Gasteiger partial charge on any atom is 0.0978 e. The fraction of sp³-hybridized carbons (Fsp3) is 0. The van der Waals surface area contributed by atoms with E-state index in [1.807, 2.05) is 0 Å². The van der Waals surface area contributed by atoms with Crippen molar-refractivity contribution in [3.63, 3.8) is 0 Å². The zero-order valence-electron chi connectivity index (χ0n) is 32.4. The lowest BCUT2D eigenvalue weighted by Gasteiger charge is -2.13. The summed E-state index contributed by atoms with van der Waals surface area (Å²) in [5, 5.41) is 10.7. The third-order valence-corrected chi connectivity index (χ3v) is 12.4. The molecule has 13 rings (SSSR count). The van der Waals surface area contributed by atoms with Gasteiger partial charge >= 0.3 is 0 Å². The first-order valence-corrected chi connectivity index (χ1v) is 20.5. The third-order valence-electron chi connectivity index (χ3n) is 12.4. The molecule has 13 aromatic rings. The van der Waals surface area contributed by atoms with Gasteiger partial charge in [0, 0.05) is 60.2 Å². The van der Waals surface area contributed by atoms with Gasteiger partial charge in [0.15, 0.2) is 0 Å². The first-order valence-electron chi connectivity index (χ1n) is 20.5. The number of hydrogen-bond donors (Lipinski definition) is 0. The number of fused-ring (bicyclic) bond motifs is 11. The number of rotatable bonds is 4. The number of pyridine rings is 2. The Morgan fingerprint density at radius 1 is 0.300 bits per heavy atom. The summed E-state index contributed by atoms with van der Waals surface area (Å²) in [6.45, 7) is 0. The van der Waals surface area contributed by atoms with Gasteiger partial charge in [0.1, 0.15) is 0 Å². The minimum Gasteiger partial charge on any atom is -0.309 e. The van der Waals surface area contributed by atoms with Gasteiger partial charge in [-0.1, -0.05) is 140 Å². The number of para-hydroxylation sites is 4. The number of nitrogens with zero attached hydrogens (tertiary/aromatic N) is 4. The van der Waals surface area contributed by atoms with Gasteiger partial charge in [-0.2, -0.15) is 0 Å². The molecule has 0 aliphatic carbocycles. The Hall–Kier alpha value is -8.08. The highest BCUT2D eigenvalue weighted by Gasteiger charge is 2.18. The minimum atomic E-state index is 0.913. The Bertz CT molecular complexity index is 3840. The Morgan fingerprint density at radius 3 is 1.60 bits per heavy atom. The lowest BCUT2D eigenvalue weighted by molar-refractivity contribution is 1.17. The molecular formula is C56H34N4. The number of hydrogen-bond acceptors (Lipinski definition) is 2. The normalized spacial score (nSPS) is 12.0. The van der Waals surface area contributed by atoms with Crippen LogP contribution in [0, 0.1) is 0 Å². The van der Waals surface area contributed by atoms with Crippen LogP contribution in [0.15, 0.2) is 206 Å². The first-order chi connectivity index (χ1) is 29.7. The molecule has 0 aliphatic rings. The summed E-state index contributed by atoms with van der Waals surface area (Å²) in [6.07, 6.45) is 0. The van der Waals surface area contributed by atoms with Crippen LogP contribution in [-0.2, 0) is 0 Å². The predicted octanol–water partition coefficient (Wildman–Crippen LogP) is 14.6. The summed E-state index contributed by atoms with van der Waals surface area (Å²) in [5.41, 5.74) is 14.3. The van der Waals surface area contributed by atoms with Crippen molar-refractivity contribution >= 4 is 87.1 Å². The summed E-state index contributed by atoms with van der Waals surface area (Å²) in [5.74, 6) is 0. The van der Waals surface area contributed by atoms with E-state index in [9.17, 15) is 0 Å². The molecule has 60 heavy (non-hydrogen) atoms. The zero-order chi connectivity index (χ0) is 39.3. The minimum absolute atomic E-state index is 0.913. The van der Waals surface area contributed by atoms with E-state index in [-0.39, 0.29) is 0 Å². The lowest BCUT2D eigenvalue weighted by Crippen LogP contribution is -1.96. The van der Waals surface area contributed by atoms with E-state index in [1.54, 1.807) is 0 Å². The highest BCUT2D eigenvalue weighted by molar-refractivity contribution is 6.16. The molecule has 4 heteroatoms. The standard InChI is InChI=1S/C56H34N4/c1-2-12-35(13-3-1)54-45-17-4-8-18-49(45)58-56-46(54)29-25-36-26-30-48(57-55(36)56)39-23-22-38-33-40(27-24-37(38)32-39)59-52-21-11-7-16-44(52)47-34-41(28-31-53(47)59)60-50-19-9-5-14-42(50)43-15-6-10-20-51(43)60/h1-34H. The van der Waals surface area contributed by atoms with E-state index in [0.29, 0.717) is 0 Å². The van der Waals surface area contributed by atoms with Crippen LogP contribution < -0.4 is 0 Å². The van der Waals surface area contributed by atoms with Crippen molar-refractivity contribution in [2.75, 3.05) is 0 Å². The molecule has 4 aromatic heterocycles. The second-order valence-corrected chi connectivity index (χ2v) is 15.8. The van der Waals surface area contributed by atoms with Crippen LogP contribution in [0.5, 0.6) is 0 Å². The smallest absolute Gasteiger partial charge is 0.0978 e. The van der Waals surface area contributed by atoms with Crippen molar-refractivity contribution in [2.45, 2.75) is 0 Å². The van der Waals surface area contributed by atoms with Gasteiger partial charge in [-0.15, -0.1) is 0 Å². The van der Waals surface area contributed by atoms with Gasteiger partial charge in [0.25, 0.3) is 0 Å². The molecule has 0 spiro atoms. The van der Waals surface area contributed by atoms with Crippen LogP contribution in [0.4, 0.5) is 0 Å². The van der Waals surface area contributed by atoms with E-state index in [2.05, 4.69) is 215 Å². The van der Waals surface area contributed by atoms with Gasteiger partial charge in [0.2, 0.25) is 0 Å². The monoisotopic (exact) mass is 762 g/mol. The summed E-state index contributed by atoms with van der Waals surface area (Å²) in [7, 11) is 0. The van der Waals surface area contributed by atoms with Crippen molar-refractivity contribution in [3.05, 3.63) is 206 Å². The van der Waals surface area contributed by atoms with E-state index >= 15 is 0 Å². The van der Waals surface area contributed by atoms with Crippen LogP contribution in [0.3, 0.4) is 0 Å². The van der Waals surface area contributed by atoms with Crippen LogP contribution in [0.1, 0.15) is 0 Å². The topological polar surface area (TPSA) is 35.6 Å². The average Bonchev–Trinajstić information content (AvgIpc) is 3.83. The van der Waals surface area contributed by atoms with Crippen molar-refractivity contribution in [2.24, 2.45) is 0 Å². The predicted molar refractivity (Wildman–Crippen MR) is 252 cm³/mol. The second-order valence-electron chi connectivity index (χ2n) is 15.8. The van der Waals surface area contributed by atoms with Gasteiger partial charge in [-0.25, -0.2) is 9.97 Å². The summed E-state index contributed by atoms with van der Waals surface area (Å²) in [6, 6.07) is 74.4. The Kier molecular flexibility index (Phi) is 6.98. The van der Waals surface area contributed by atoms with Gasteiger partial charge in [-0.3, -0.25) is 0 Å². The van der Waals surface area contributed by atoms with Crippen molar-refractivity contribution in [3.8, 4) is 33.8 Å². The van der Waals surface area contributed by atoms with Crippen LogP contribution in [-0.4, -0.2) is 19.1 Å². The SMILES string of the molecule is c1ccc(-c2c3ccccc3nc3c2ccc2ccc(-c4ccc5cc(-n6c7ccccc7c7cc(-n8c9ccccc9c9ccccc98)ccc76)ccc5c4)nc23)cc1. The zero-order valence-corrected chi connectivity index (χ0v) is 32.4. The number of aromatic nitrogens is 4. The van der Waals surface area contributed by atoms with Crippen LogP contribution in [0.25, 0.3) is 121 Å². The number of benzene rings is 9. The molecule has 0 bridgehead atoms. The molecule has 0 saturated heterocycles. The van der Waals surface area contributed by atoms with Crippen molar-refractivity contribution in [1.29, 1.82) is 0 Å². The molecule has 9 aromatic carbocycles. The molecule has 0 N–H and O–H groups in total. The molecule has 4 nitrogen and oxygen atoms in total. The van der Waals surface area contributed by atoms with E-state index in [0.717, 1.165) is 55.3 Å². The second kappa shape index (κ2) is 12.7. The Labute approximate surface area is 344 Å². The van der Waals surface area contributed by atoms with E-state index < -0.39 is 0 Å². The molecule has 4 heterocycles. The molecule has 0 saturated carbocycles. The highest BCUT2D eigenvalue weighted by Crippen LogP contribution is 2.40. The van der Waals surface area contributed by atoms with E-state index in [1.165, 1.54) is 65.5 Å². The molecule has 0 aliphatic heterocycles. The average molecular weight is 763 g/mol. The Morgan fingerprint density at radius 2 is 0.850 bits per heavy atom. The first kappa shape index (κ1) is 32.9. The van der Waals surface area contributed by atoms with Crippen LogP contribution in [0.2, 0.25) is 0 Å². The fourth-order valence-electron chi connectivity index (χ4n) is 9.72. The largest absolute Gasteiger partial charge is 0.309 e. The highest BCUT2D eigenvalue weighted by atomic mass is 15.0. The Balaban J connectivity index is 0.929. The van der Waals surface area contributed by atoms with Gasteiger partial charge in [-0.05, 0) is 83.1 Å². The third kappa shape index (κ3) is 4.85. The van der Waals surface area contributed by atoms with Crippen LogP contribution >= 0.6 is 0 Å². The van der Waals surface area contributed by atoms with E-state index in [4.69, 9.17) is 9.97 Å². The summed E-state index contributed by atoms with van der Waals surface area (Å²) >= 11 is 0. The maximum absolute atomic E-state index is 5.34. The molecule has 278 valence electrons. The lowest BCUT2D eigenvalue weighted by atomic mass is 9.95. The van der Waals surface area contributed by atoms with Gasteiger partial charge in [0.05, 0.1) is 44.3 Å². The molecule has 0 unspecified atom stereocenters. The molecule has 0 fully saturated rings. The molecule has 0 amide bonds. The molecule has 0 radical (unpaired) electrons. The quantitative estimate of drug-likeness (QED) is 0.132. The molecular weight excluding hydrogens is 729 g/mol. The maximum atomic E-state index is 5.34. The fourth-order valence-corrected chi connectivity index (χ4v) is 9.72.